The highest BCUT2D eigenvalue weighted by Crippen LogP contribution is 2.20. The Morgan fingerprint density at radius 2 is 1.90 bits per heavy atom. The van der Waals surface area contributed by atoms with E-state index in [1.54, 1.807) is 12.1 Å². The van der Waals surface area contributed by atoms with Crippen molar-refractivity contribution in [3.8, 4) is 0 Å². The molecule has 0 spiro atoms. The standard InChI is InChI=1S/C14H20N2O4/c1-9(10-3-5-11(15)6-4-10)7-12(17)16-8-14(2,20)13(18)19/h3-6,9,20H,7-8,15H2,1-2H3,(H,16,17)(H,18,19). The van der Waals surface area contributed by atoms with Crippen molar-refractivity contribution in [2.75, 3.05) is 12.3 Å². The van der Waals surface area contributed by atoms with Gasteiger partial charge in [-0.05, 0) is 30.5 Å². The van der Waals surface area contributed by atoms with Crippen LogP contribution in [0, 0.1) is 0 Å². The third kappa shape index (κ3) is 4.55. The lowest BCUT2D eigenvalue weighted by Crippen LogP contribution is -2.46. The third-order valence-electron chi connectivity index (χ3n) is 3.09. The maximum atomic E-state index is 11.7. The first-order valence-electron chi connectivity index (χ1n) is 6.30. The quantitative estimate of drug-likeness (QED) is 0.573. The summed E-state index contributed by atoms with van der Waals surface area (Å²) < 4.78 is 0. The molecule has 0 saturated heterocycles. The number of carboxylic acid groups (broad SMARTS) is 1. The smallest absolute Gasteiger partial charge is 0.337 e. The van der Waals surface area contributed by atoms with E-state index in [4.69, 9.17) is 10.8 Å². The Bertz CT molecular complexity index is 482. The van der Waals surface area contributed by atoms with Crippen LogP contribution in [0.5, 0.6) is 0 Å². The van der Waals surface area contributed by atoms with E-state index in [1.165, 1.54) is 0 Å². The third-order valence-corrected chi connectivity index (χ3v) is 3.09. The number of carbonyl (C=O) groups is 2. The number of hydrogen-bond donors (Lipinski definition) is 4. The average molecular weight is 280 g/mol. The van der Waals surface area contributed by atoms with Crippen LogP contribution < -0.4 is 11.1 Å². The highest BCUT2D eigenvalue weighted by molar-refractivity contribution is 5.80. The molecule has 6 heteroatoms. The Morgan fingerprint density at radius 3 is 2.40 bits per heavy atom. The van der Waals surface area contributed by atoms with Crippen LogP contribution >= 0.6 is 0 Å². The van der Waals surface area contributed by atoms with Crippen molar-refractivity contribution in [1.82, 2.24) is 5.32 Å². The number of anilines is 1. The molecule has 0 aromatic heterocycles. The number of carbonyl (C=O) groups excluding carboxylic acids is 1. The van der Waals surface area contributed by atoms with Crippen LogP contribution in [-0.4, -0.2) is 34.2 Å². The second-order valence-electron chi connectivity index (χ2n) is 5.13. The average Bonchev–Trinajstić information content (AvgIpc) is 2.37. The Morgan fingerprint density at radius 1 is 1.35 bits per heavy atom. The van der Waals surface area contributed by atoms with Gasteiger partial charge in [-0.1, -0.05) is 19.1 Å². The summed E-state index contributed by atoms with van der Waals surface area (Å²) in [5, 5.41) is 20.6. The molecule has 2 atom stereocenters. The minimum atomic E-state index is -1.96. The van der Waals surface area contributed by atoms with Crippen LogP contribution in [0.3, 0.4) is 0 Å². The number of aliphatic hydroxyl groups is 1. The molecule has 0 radical (unpaired) electrons. The number of carboxylic acids is 1. The molecule has 110 valence electrons. The van der Waals surface area contributed by atoms with Gasteiger partial charge in [0.05, 0.1) is 6.54 Å². The number of hydrogen-bond acceptors (Lipinski definition) is 4. The SMILES string of the molecule is CC(CC(=O)NCC(C)(O)C(=O)O)c1ccc(N)cc1. The van der Waals surface area contributed by atoms with Gasteiger partial charge in [0.1, 0.15) is 0 Å². The zero-order valence-electron chi connectivity index (χ0n) is 11.6. The van der Waals surface area contributed by atoms with Crippen molar-refractivity contribution in [3.63, 3.8) is 0 Å². The molecular weight excluding hydrogens is 260 g/mol. The van der Waals surface area contributed by atoms with Gasteiger partial charge in [-0.15, -0.1) is 0 Å². The highest BCUT2D eigenvalue weighted by Gasteiger charge is 2.30. The van der Waals surface area contributed by atoms with Crippen molar-refractivity contribution in [1.29, 1.82) is 0 Å². The van der Waals surface area contributed by atoms with E-state index in [1.807, 2.05) is 19.1 Å². The van der Waals surface area contributed by atoms with Gasteiger partial charge in [-0.2, -0.15) is 0 Å². The van der Waals surface area contributed by atoms with Gasteiger partial charge in [0.15, 0.2) is 5.60 Å². The Balaban J connectivity index is 2.50. The first kappa shape index (κ1) is 16.0. The molecule has 2 unspecified atom stereocenters. The topological polar surface area (TPSA) is 113 Å². The van der Waals surface area contributed by atoms with Gasteiger partial charge in [0.2, 0.25) is 5.91 Å². The number of rotatable bonds is 6. The number of amides is 1. The first-order valence-corrected chi connectivity index (χ1v) is 6.30. The van der Waals surface area contributed by atoms with Gasteiger partial charge in [-0.3, -0.25) is 4.79 Å². The van der Waals surface area contributed by atoms with Crippen molar-refractivity contribution >= 4 is 17.6 Å². The van der Waals surface area contributed by atoms with Crippen LogP contribution in [0.15, 0.2) is 24.3 Å². The predicted molar refractivity (Wildman–Crippen MR) is 75.2 cm³/mol. The van der Waals surface area contributed by atoms with Crippen LogP contribution in [0.4, 0.5) is 5.69 Å². The Hall–Kier alpha value is -2.08. The van der Waals surface area contributed by atoms with Crippen molar-refractivity contribution in [2.45, 2.75) is 31.8 Å². The molecule has 0 fully saturated rings. The van der Waals surface area contributed by atoms with E-state index in [9.17, 15) is 14.7 Å². The van der Waals surface area contributed by atoms with Gasteiger partial charge >= 0.3 is 5.97 Å². The fourth-order valence-corrected chi connectivity index (χ4v) is 1.64. The molecule has 0 aliphatic carbocycles. The summed E-state index contributed by atoms with van der Waals surface area (Å²) >= 11 is 0. The number of nitrogens with one attached hydrogen (secondary N) is 1. The predicted octanol–water partition coefficient (Wildman–Crippen LogP) is 0.714. The molecule has 6 nitrogen and oxygen atoms in total. The van der Waals surface area contributed by atoms with Gasteiger partial charge in [0, 0.05) is 12.1 Å². The fraction of sp³-hybridized carbons (Fsp3) is 0.429. The molecule has 1 rings (SSSR count). The summed E-state index contributed by atoms with van der Waals surface area (Å²) in [5.41, 5.74) is 5.26. The normalized spacial score (nSPS) is 15.2. The molecule has 0 aliphatic heterocycles. The van der Waals surface area contributed by atoms with Crippen molar-refractivity contribution in [2.24, 2.45) is 0 Å². The zero-order chi connectivity index (χ0) is 15.3. The zero-order valence-corrected chi connectivity index (χ0v) is 11.6. The van der Waals surface area contributed by atoms with E-state index >= 15 is 0 Å². The molecule has 1 amide bonds. The lowest BCUT2D eigenvalue weighted by Gasteiger charge is -2.19. The van der Waals surface area contributed by atoms with Crippen LogP contribution in [-0.2, 0) is 9.59 Å². The summed E-state index contributed by atoms with van der Waals surface area (Å²) in [6, 6.07) is 7.22. The van der Waals surface area contributed by atoms with Crippen LogP contribution in [0.25, 0.3) is 0 Å². The fourth-order valence-electron chi connectivity index (χ4n) is 1.64. The molecule has 1 aromatic carbocycles. The number of nitrogens with two attached hydrogens (primary N) is 1. The molecule has 0 heterocycles. The minimum Gasteiger partial charge on any atom is -0.479 e. The van der Waals surface area contributed by atoms with Crippen molar-refractivity contribution in [3.05, 3.63) is 29.8 Å². The van der Waals surface area contributed by atoms with E-state index in [0.717, 1.165) is 12.5 Å². The molecule has 0 saturated carbocycles. The number of aliphatic carboxylic acids is 1. The molecule has 0 aliphatic rings. The lowest BCUT2D eigenvalue weighted by atomic mass is 9.97. The number of benzene rings is 1. The van der Waals surface area contributed by atoms with Gasteiger partial charge in [0.25, 0.3) is 0 Å². The van der Waals surface area contributed by atoms with E-state index in [2.05, 4.69) is 5.32 Å². The Labute approximate surface area is 117 Å². The molecule has 20 heavy (non-hydrogen) atoms. The first-order chi connectivity index (χ1) is 9.22. The molecule has 5 N–H and O–H groups in total. The second kappa shape index (κ2) is 6.38. The summed E-state index contributed by atoms with van der Waals surface area (Å²) in [6.07, 6.45) is 0.208. The maximum Gasteiger partial charge on any atom is 0.337 e. The van der Waals surface area contributed by atoms with E-state index in [0.29, 0.717) is 5.69 Å². The van der Waals surface area contributed by atoms with E-state index < -0.39 is 11.6 Å². The molecule has 1 aromatic rings. The molecular formula is C14H20N2O4. The Kier molecular flexibility index (Phi) is 5.10. The van der Waals surface area contributed by atoms with Gasteiger partial charge < -0.3 is 21.3 Å². The van der Waals surface area contributed by atoms with Crippen LogP contribution in [0.1, 0.15) is 31.7 Å². The monoisotopic (exact) mass is 280 g/mol. The largest absolute Gasteiger partial charge is 0.479 e. The lowest BCUT2D eigenvalue weighted by molar-refractivity contribution is -0.156. The minimum absolute atomic E-state index is 0.0228. The summed E-state index contributed by atoms with van der Waals surface area (Å²) in [6.45, 7) is 2.70. The summed E-state index contributed by atoms with van der Waals surface area (Å²) in [4.78, 5) is 22.4. The number of nitrogen functional groups attached to an aromatic ring is 1. The summed E-state index contributed by atoms with van der Waals surface area (Å²) in [7, 11) is 0. The van der Waals surface area contributed by atoms with Crippen molar-refractivity contribution < 1.29 is 19.8 Å². The van der Waals surface area contributed by atoms with Crippen LogP contribution in [0.2, 0.25) is 0 Å². The van der Waals surface area contributed by atoms with E-state index in [-0.39, 0.29) is 24.8 Å². The summed E-state index contributed by atoms with van der Waals surface area (Å²) in [5.74, 6) is -1.70. The highest BCUT2D eigenvalue weighted by atomic mass is 16.4. The maximum absolute atomic E-state index is 11.7. The van der Waals surface area contributed by atoms with Gasteiger partial charge in [-0.25, -0.2) is 4.79 Å². The molecule has 0 bridgehead atoms. The second-order valence-corrected chi connectivity index (χ2v) is 5.13.